The van der Waals surface area contributed by atoms with Crippen LogP contribution in [-0.4, -0.2) is 4.98 Å². The lowest BCUT2D eigenvalue weighted by molar-refractivity contribution is 1.43. The first-order valence-electron chi connectivity index (χ1n) is 6.19. The van der Waals surface area contributed by atoms with Gasteiger partial charge in [-0.15, -0.1) is 0 Å². The molecular formula is C17H10ClN. The monoisotopic (exact) mass is 263 g/mol. The summed E-state index contributed by atoms with van der Waals surface area (Å²) in [7, 11) is 0. The molecule has 0 aliphatic heterocycles. The number of hydrogen-bond donors (Lipinski definition) is 0. The lowest BCUT2D eigenvalue weighted by Crippen LogP contribution is -1.85. The number of nitrogens with zero attached hydrogens (tertiary/aromatic N) is 1. The summed E-state index contributed by atoms with van der Waals surface area (Å²) in [5.74, 6) is 0. The molecule has 1 aromatic heterocycles. The Labute approximate surface area is 115 Å². The number of aromatic nitrogens is 1. The van der Waals surface area contributed by atoms with Crippen LogP contribution in [0.2, 0.25) is 5.02 Å². The largest absolute Gasteiger partial charge is 0.254 e. The average molecular weight is 264 g/mol. The van der Waals surface area contributed by atoms with E-state index in [9.17, 15) is 0 Å². The molecule has 1 nitrogen and oxygen atoms in total. The second-order valence-electron chi connectivity index (χ2n) is 4.64. The van der Waals surface area contributed by atoms with E-state index in [0.29, 0.717) is 5.02 Å². The minimum atomic E-state index is 0.674. The van der Waals surface area contributed by atoms with E-state index in [0.717, 1.165) is 10.9 Å². The molecule has 0 bridgehead atoms. The molecule has 1 heterocycles. The Hall–Kier alpha value is -2.12. The zero-order valence-corrected chi connectivity index (χ0v) is 10.9. The van der Waals surface area contributed by atoms with Gasteiger partial charge in [-0.3, -0.25) is 4.98 Å². The molecule has 0 aliphatic rings. The fourth-order valence-electron chi connectivity index (χ4n) is 2.74. The van der Waals surface area contributed by atoms with Crippen molar-refractivity contribution in [3.8, 4) is 0 Å². The van der Waals surface area contributed by atoms with Gasteiger partial charge in [0.2, 0.25) is 0 Å². The molecule has 0 amide bonds. The van der Waals surface area contributed by atoms with E-state index in [1.54, 1.807) is 6.20 Å². The molecule has 4 aromatic rings. The lowest BCUT2D eigenvalue weighted by Gasteiger charge is -2.09. The van der Waals surface area contributed by atoms with Crippen LogP contribution < -0.4 is 0 Å². The predicted molar refractivity (Wildman–Crippen MR) is 81.8 cm³/mol. The van der Waals surface area contributed by atoms with Crippen LogP contribution in [0, 0.1) is 0 Å². The normalized spacial score (nSPS) is 11.4. The standard InChI is InChI=1S/C17H10ClN/c18-11-9-16-14-7-2-1-5-12(14)13-6-3-4-8-15(13)17(16)19-10-11/h1-10H. The first-order chi connectivity index (χ1) is 9.34. The highest BCUT2D eigenvalue weighted by Gasteiger charge is 2.08. The second-order valence-corrected chi connectivity index (χ2v) is 5.08. The summed E-state index contributed by atoms with van der Waals surface area (Å²) < 4.78 is 0. The van der Waals surface area contributed by atoms with Crippen LogP contribution in [0.3, 0.4) is 0 Å². The Kier molecular flexibility index (Phi) is 2.23. The number of hydrogen-bond acceptors (Lipinski definition) is 1. The summed E-state index contributed by atoms with van der Waals surface area (Å²) in [5.41, 5.74) is 1.01. The van der Waals surface area contributed by atoms with Crippen molar-refractivity contribution < 1.29 is 0 Å². The van der Waals surface area contributed by atoms with Gasteiger partial charge < -0.3 is 0 Å². The number of halogens is 1. The van der Waals surface area contributed by atoms with E-state index >= 15 is 0 Å². The zero-order valence-electron chi connectivity index (χ0n) is 10.1. The molecular weight excluding hydrogens is 254 g/mol. The summed E-state index contributed by atoms with van der Waals surface area (Å²) in [5, 5.41) is 6.64. The van der Waals surface area contributed by atoms with Crippen LogP contribution in [0.25, 0.3) is 32.4 Å². The quantitative estimate of drug-likeness (QED) is 0.398. The van der Waals surface area contributed by atoms with Gasteiger partial charge in [0.15, 0.2) is 0 Å². The molecule has 0 spiro atoms. The van der Waals surface area contributed by atoms with E-state index in [4.69, 9.17) is 11.6 Å². The lowest BCUT2D eigenvalue weighted by atomic mass is 9.97. The fourth-order valence-corrected chi connectivity index (χ4v) is 2.89. The molecule has 0 saturated carbocycles. The Bertz CT molecular complexity index is 893. The molecule has 0 radical (unpaired) electrons. The van der Waals surface area contributed by atoms with Gasteiger partial charge in [-0.05, 0) is 22.2 Å². The topological polar surface area (TPSA) is 12.9 Å². The van der Waals surface area contributed by atoms with E-state index in [-0.39, 0.29) is 0 Å². The van der Waals surface area contributed by atoms with Crippen molar-refractivity contribution >= 4 is 44.0 Å². The van der Waals surface area contributed by atoms with Gasteiger partial charge in [0.05, 0.1) is 10.5 Å². The van der Waals surface area contributed by atoms with Crippen molar-refractivity contribution in [1.82, 2.24) is 4.98 Å². The van der Waals surface area contributed by atoms with Crippen LogP contribution in [0.1, 0.15) is 0 Å². The molecule has 2 heteroatoms. The SMILES string of the molecule is Clc1cnc2c3ccccc3c3ccccc3c2c1. The zero-order chi connectivity index (χ0) is 12.8. The maximum atomic E-state index is 6.11. The molecule has 0 saturated heterocycles. The Morgan fingerprint density at radius 3 is 1.89 bits per heavy atom. The second kappa shape index (κ2) is 3.94. The van der Waals surface area contributed by atoms with Gasteiger partial charge in [-0.2, -0.15) is 0 Å². The Balaban J connectivity index is 2.43. The highest BCUT2D eigenvalue weighted by molar-refractivity contribution is 6.32. The van der Waals surface area contributed by atoms with Crippen LogP contribution in [0.15, 0.2) is 60.8 Å². The number of fused-ring (bicyclic) bond motifs is 6. The molecule has 0 aliphatic carbocycles. The van der Waals surface area contributed by atoms with E-state index in [1.165, 1.54) is 21.5 Å². The van der Waals surface area contributed by atoms with Crippen LogP contribution in [0.4, 0.5) is 0 Å². The van der Waals surface area contributed by atoms with Crippen LogP contribution in [-0.2, 0) is 0 Å². The van der Waals surface area contributed by atoms with Crippen molar-refractivity contribution in [1.29, 1.82) is 0 Å². The van der Waals surface area contributed by atoms with E-state index in [1.807, 2.05) is 12.1 Å². The smallest absolute Gasteiger partial charge is 0.0787 e. The van der Waals surface area contributed by atoms with Gasteiger partial charge in [-0.25, -0.2) is 0 Å². The summed E-state index contributed by atoms with van der Waals surface area (Å²) in [6.45, 7) is 0. The number of pyridine rings is 1. The summed E-state index contributed by atoms with van der Waals surface area (Å²) in [6.07, 6.45) is 1.71. The first-order valence-corrected chi connectivity index (χ1v) is 6.57. The summed E-state index contributed by atoms with van der Waals surface area (Å²) >= 11 is 6.11. The third-order valence-corrected chi connectivity index (χ3v) is 3.75. The highest BCUT2D eigenvalue weighted by Crippen LogP contribution is 2.34. The minimum absolute atomic E-state index is 0.674. The van der Waals surface area contributed by atoms with Crippen molar-refractivity contribution in [2.45, 2.75) is 0 Å². The van der Waals surface area contributed by atoms with Crippen molar-refractivity contribution in [3.63, 3.8) is 0 Å². The van der Waals surface area contributed by atoms with E-state index < -0.39 is 0 Å². The van der Waals surface area contributed by atoms with Gasteiger partial charge in [0.25, 0.3) is 0 Å². The molecule has 0 atom stereocenters. The van der Waals surface area contributed by atoms with E-state index in [2.05, 4.69) is 47.4 Å². The number of benzene rings is 3. The van der Waals surface area contributed by atoms with Crippen molar-refractivity contribution in [2.75, 3.05) is 0 Å². The molecule has 4 rings (SSSR count). The molecule has 90 valence electrons. The Morgan fingerprint density at radius 1 is 0.684 bits per heavy atom. The predicted octanol–water partition coefficient (Wildman–Crippen LogP) is 5.19. The average Bonchev–Trinajstić information content (AvgIpc) is 2.47. The molecule has 0 fully saturated rings. The maximum absolute atomic E-state index is 6.11. The first kappa shape index (κ1) is 10.8. The van der Waals surface area contributed by atoms with Gasteiger partial charge in [0, 0.05) is 17.0 Å². The van der Waals surface area contributed by atoms with Gasteiger partial charge in [-0.1, -0.05) is 60.1 Å². The molecule has 0 unspecified atom stereocenters. The maximum Gasteiger partial charge on any atom is 0.0787 e. The summed E-state index contributed by atoms with van der Waals surface area (Å²) in [6, 6.07) is 18.8. The Morgan fingerprint density at radius 2 is 1.21 bits per heavy atom. The molecule has 0 N–H and O–H groups in total. The van der Waals surface area contributed by atoms with Crippen molar-refractivity contribution in [3.05, 3.63) is 65.8 Å². The van der Waals surface area contributed by atoms with Crippen LogP contribution >= 0.6 is 11.6 Å². The van der Waals surface area contributed by atoms with Crippen LogP contribution in [0.5, 0.6) is 0 Å². The third-order valence-electron chi connectivity index (χ3n) is 3.54. The van der Waals surface area contributed by atoms with Gasteiger partial charge in [0.1, 0.15) is 0 Å². The molecule has 19 heavy (non-hydrogen) atoms. The van der Waals surface area contributed by atoms with Gasteiger partial charge >= 0.3 is 0 Å². The third kappa shape index (κ3) is 1.52. The minimum Gasteiger partial charge on any atom is -0.254 e. The fraction of sp³-hybridized carbons (Fsp3) is 0. The molecule has 3 aromatic carbocycles. The summed E-state index contributed by atoms with van der Waals surface area (Å²) in [4.78, 5) is 4.53. The van der Waals surface area contributed by atoms with Crippen molar-refractivity contribution in [2.24, 2.45) is 0 Å². The highest BCUT2D eigenvalue weighted by atomic mass is 35.5. The number of rotatable bonds is 0.